The summed E-state index contributed by atoms with van der Waals surface area (Å²) in [5, 5.41) is 9.59. The third-order valence-electron chi connectivity index (χ3n) is 4.92. The van der Waals surface area contributed by atoms with Crippen LogP contribution in [0.4, 0.5) is 0 Å². The second-order valence-corrected chi connectivity index (χ2v) is 6.65. The summed E-state index contributed by atoms with van der Waals surface area (Å²) in [5.41, 5.74) is 3.12. The van der Waals surface area contributed by atoms with Gasteiger partial charge in [-0.05, 0) is 50.3 Å². The van der Waals surface area contributed by atoms with Gasteiger partial charge in [-0.25, -0.2) is 0 Å². The lowest BCUT2D eigenvalue weighted by molar-refractivity contribution is 0.124. The Hall–Kier alpha value is -0.900. The molecule has 1 aliphatic heterocycles. The third kappa shape index (κ3) is 3.65. The van der Waals surface area contributed by atoms with E-state index in [0.717, 1.165) is 26.2 Å². The zero-order valence-corrected chi connectivity index (χ0v) is 13.2. The van der Waals surface area contributed by atoms with Crippen molar-refractivity contribution in [3.05, 3.63) is 35.4 Å². The second kappa shape index (κ2) is 6.91. The highest BCUT2D eigenvalue weighted by Gasteiger charge is 2.27. The van der Waals surface area contributed by atoms with Crippen LogP contribution in [0.25, 0.3) is 0 Å². The van der Waals surface area contributed by atoms with Gasteiger partial charge in [0.25, 0.3) is 0 Å². The van der Waals surface area contributed by atoms with Crippen LogP contribution in [0.5, 0.6) is 0 Å². The van der Waals surface area contributed by atoms with Gasteiger partial charge in [0.15, 0.2) is 0 Å². The van der Waals surface area contributed by atoms with Crippen molar-refractivity contribution in [1.82, 2.24) is 9.80 Å². The molecule has 1 N–H and O–H groups in total. The maximum atomic E-state index is 9.59. The van der Waals surface area contributed by atoms with Gasteiger partial charge < -0.3 is 5.11 Å². The summed E-state index contributed by atoms with van der Waals surface area (Å²) < 4.78 is 0. The molecule has 3 rings (SSSR count). The first kappa shape index (κ1) is 15.0. The minimum absolute atomic E-state index is 0.216. The quantitative estimate of drug-likeness (QED) is 0.925. The Kier molecular flexibility index (Phi) is 4.94. The fourth-order valence-electron chi connectivity index (χ4n) is 3.97. The van der Waals surface area contributed by atoms with E-state index in [1.807, 2.05) is 6.92 Å². The number of hydrogen-bond acceptors (Lipinski definition) is 3. The number of β-amino-alcohol motifs (C(OH)–C–C–N with tert-alkyl or cyclic N) is 1. The van der Waals surface area contributed by atoms with Crippen LogP contribution in [-0.2, 0) is 6.42 Å². The molecule has 0 saturated carbocycles. The van der Waals surface area contributed by atoms with Crippen molar-refractivity contribution >= 4 is 0 Å². The van der Waals surface area contributed by atoms with Crippen LogP contribution in [0.1, 0.15) is 43.4 Å². The molecule has 1 aromatic carbocycles. The molecule has 2 atom stereocenters. The summed E-state index contributed by atoms with van der Waals surface area (Å²) in [6.45, 7) is 7.23. The second-order valence-electron chi connectivity index (χ2n) is 6.65. The van der Waals surface area contributed by atoms with E-state index in [0.29, 0.717) is 6.04 Å². The molecule has 3 nitrogen and oxygen atoms in total. The standard InChI is InChI=1S/C18H28N2O/c1-15(21)14-19-10-5-11-20(13-12-19)18-9-4-7-16-6-2-3-8-17(16)18/h2-3,6,8,15,18,21H,4-5,7,9-14H2,1H3/t15-,18-/m1/s1. The van der Waals surface area contributed by atoms with Crippen molar-refractivity contribution in [3.63, 3.8) is 0 Å². The Balaban J connectivity index is 1.68. The summed E-state index contributed by atoms with van der Waals surface area (Å²) in [5.74, 6) is 0. The van der Waals surface area contributed by atoms with E-state index in [9.17, 15) is 5.11 Å². The summed E-state index contributed by atoms with van der Waals surface area (Å²) in [7, 11) is 0. The normalized spacial score (nSPS) is 26.1. The van der Waals surface area contributed by atoms with Crippen LogP contribution in [-0.4, -0.2) is 53.7 Å². The topological polar surface area (TPSA) is 26.7 Å². The number of hydrogen-bond donors (Lipinski definition) is 1. The van der Waals surface area contributed by atoms with Gasteiger partial charge in [-0.15, -0.1) is 0 Å². The Labute approximate surface area is 128 Å². The third-order valence-corrected chi connectivity index (χ3v) is 4.92. The van der Waals surface area contributed by atoms with Crippen LogP contribution >= 0.6 is 0 Å². The SMILES string of the molecule is C[C@@H](O)CN1CCCN([C@@H]2CCCc3ccccc32)CC1. The van der Waals surface area contributed by atoms with E-state index < -0.39 is 0 Å². The molecule has 1 aliphatic carbocycles. The van der Waals surface area contributed by atoms with Gasteiger partial charge in [0.05, 0.1) is 6.10 Å². The molecular weight excluding hydrogens is 260 g/mol. The first-order valence-electron chi connectivity index (χ1n) is 8.46. The first-order chi connectivity index (χ1) is 10.2. The van der Waals surface area contributed by atoms with Gasteiger partial charge in [0.1, 0.15) is 0 Å². The molecule has 3 heteroatoms. The number of nitrogens with zero attached hydrogens (tertiary/aromatic N) is 2. The van der Waals surface area contributed by atoms with Crippen LogP contribution < -0.4 is 0 Å². The van der Waals surface area contributed by atoms with Gasteiger partial charge in [-0.2, -0.15) is 0 Å². The molecule has 1 heterocycles. The van der Waals surface area contributed by atoms with Crippen LogP contribution in [0.15, 0.2) is 24.3 Å². The minimum atomic E-state index is -0.216. The first-order valence-corrected chi connectivity index (χ1v) is 8.46. The molecule has 1 fully saturated rings. The van der Waals surface area contributed by atoms with Gasteiger partial charge in [-0.3, -0.25) is 9.80 Å². The smallest absolute Gasteiger partial charge is 0.0639 e. The van der Waals surface area contributed by atoms with Crippen LogP contribution in [0.3, 0.4) is 0 Å². The molecule has 116 valence electrons. The maximum absolute atomic E-state index is 9.59. The zero-order chi connectivity index (χ0) is 14.7. The minimum Gasteiger partial charge on any atom is -0.392 e. The monoisotopic (exact) mass is 288 g/mol. The summed E-state index contributed by atoms with van der Waals surface area (Å²) in [6, 6.07) is 9.61. The fourth-order valence-corrected chi connectivity index (χ4v) is 3.97. The molecule has 21 heavy (non-hydrogen) atoms. The van der Waals surface area contributed by atoms with E-state index >= 15 is 0 Å². The van der Waals surface area contributed by atoms with Crippen molar-refractivity contribution in [3.8, 4) is 0 Å². The number of aliphatic hydroxyl groups excluding tert-OH is 1. The number of rotatable bonds is 3. The molecular formula is C18H28N2O. The molecule has 1 saturated heterocycles. The summed E-state index contributed by atoms with van der Waals surface area (Å²) in [6.07, 6.45) is 4.86. The number of aliphatic hydroxyl groups is 1. The van der Waals surface area contributed by atoms with Crippen molar-refractivity contribution in [1.29, 1.82) is 0 Å². The van der Waals surface area contributed by atoms with Crippen molar-refractivity contribution in [2.45, 2.75) is 44.8 Å². The lowest BCUT2D eigenvalue weighted by Crippen LogP contribution is -2.37. The van der Waals surface area contributed by atoms with E-state index in [2.05, 4.69) is 34.1 Å². The van der Waals surface area contributed by atoms with Crippen molar-refractivity contribution < 1.29 is 5.11 Å². The van der Waals surface area contributed by atoms with Crippen molar-refractivity contribution in [2.24, 2.45) is 0 Å². The van der Waals surface area contributed by atoms with Crippen LogP contribution in [0.2, 0.25) is 0 Å². The predicted octanol–water partition coefficient (Wildman–Crippen LogP) is 2.45. The highest BCUT2D eigenvalue weighted by atomic mass is 16.3. The van der Waals surface area contributed by atoms with Gasteiger partial charge >= 0.3 is 0 Å². The number of fused-ring (bicyclic) bond motifs is 1. The molecule has 0 aromatic heterocycles. The summed E-state index contributed by atoms with van der Waals surface area (Å²) in [4.78, 5) is 5.10. The molecule has 1 aromatic rings. The molecule has 0 unspecified atom stereocenters. The van der Waals surface area contributed by atoms with E-state index in [-0.39, 0.29) is 6.10 Å². The van der Waals surface area contributed by atoms with Crippen molar-refractivity contribution in [2.75, 3.05) is 32.7 Å². The molecule has 2 aliphatic rings. The molecule has 0 bridgehead atoms. The maximum Gasteiger partial charge on any atom is 0.0639 e. The number of aryl methyl sites for hydroxylation is 1. The highest BCUT2D eigenvalue weighted by Crippen LogP contribution is 2.34. The van der Waals surface area contributed by atoms with E-state index in [4.69, 9.17) is 0 Å². The van der Waals surface area contributed by atoms with E-state index in [1.165, 1.54) is 32.2 Å². The average molecular weight is 288 g/mol. The zero-order valence-electron chi connectivity index (χ0n) is 13.2. The molecule has 0 radical (unpaired) electrons. The Morgan fingerprint density at radius 1 is 1.14 bits per heavy atom. The van der Waals surface area contributed by atoms with Gasteiger partial charge in [0.2, 0.25) is 0 Å². The Bertz CT molecular complexity index is 460. The Morgan fingerprint density at radius 3 is 2.86 bits per heavy atom. The van der Waals surface area contributed by atoms with E-state index in [1.54, 1.807) is 11.1 Å². The molecule has 0 spiro atoms. The predicted molar refractivity (Wildman–Crippen MR) is 86.4 cm³/mol. The summed E-state index contributed by atoms with van der Waals surface area (Å²) >= 11 is 0. The Morgan fingerprint density at radius 2 is 2.00 bits per heavy atom. The lowest BCUT2D eigenvalue weighted by atomic mass is 9.87. The highest BCUT2D eigenvalue weighted by molar-refractivity contribution is 5.32. The fraction of sp³-hybridized carbons (Fsp3) is 0.667. The van der Waals surface area contributed by atoms with Gasteiger partial charge in [0, 0.05) is 32.2 Å². The largest absolute Gasteiger partial charge is 0.392 e. The van der Waals surface area contributed by atoms with Gasteiger partial charge in [-0.1, -0.05) is 24.3 Å². The molecule has 0 amide bonds. The number of benzene rings is 1. The average Bonchev–Trinajstić information content (AvgIpc) is 2.71. The van der Waals surface area contributed by atoms with Crippen LogP contribution in [0, 0.1) is 0 Å². The lowest BCUT2D eigenvalue weighted by Gasteiger charge is -2.35.